The average molecular weight is 297 g/mol. The first-order valence-electron chi connectivity index (χ1n) is 6.45. The van der Waals surface area contributed by atoms with E-state index in [0.717, 1.165) is 0 Å². The van der Waals surface area contributed by atoms with E-state index >= 15 is 0 Å². The summed E-state index contributed by atoms with van der Waals surface area (Å²) >= 11 is 0. The second kappa shape index (κ2) is 5.41. The van der Waals surface area contributed by atoms with Crippen LogP contribution >= 0.6 is 0 Å². The molecule has 7 heteroatoms. The first-order chi connectivity index (χ1) is 9.34. The van der Waals surface area contributed by atoms with Crippen molar-refractivity contribution in [2.75, 3.05) is 31.9 Å². The van der Waals surface area contributed by atoms with Gasteiger partial charge in [0.25, 0.3) is 0 Å². The van der Waals surface area contributed by atoms with Gasteiger partial charge in [-0.05, 0) is 24.6 Å². The minimum Gasteiger partial charge on any atom is -0.398 e. The molecule has 110 valence electrons. The molecule has 2 N–H and O–H groups in total. The van der Waals surface area contributed by atoms with Gasteiger partial charge in [-0.25, -0.2) is 8.42 Å². The molecule has 1 fully saturated rings. The Labute approximate surface area is 119 Å². The summed E-state index contributed by atoms with van der Waals surface area (Å²) in [6.07, 6.45) is 0. The lowest BCUT2D eigenvalue weighted by Crippen LogP contribution is -2.50. The van der Waals surface area contributed by atoms with E-state index in [1.165, 1.54) is 11.2 Å². The Morgan fingerprint density at radius 2 is 1.80 bits per heavy atom. The number of amides is 1. The predicted octanol–water partition coefficient (Wildman–Crippen LogP) is 0.430. The summed E-state index contributed by atoms with van der Waals surface area (Å²) in [6, 6.07) is 4.89. The molecule has 0 bridgehead atoms. The molecule has 1 aromatic rings. The summed E-state index contributed by atoms with van der Waals surface area (Å²) in [4.78, 5) is 13.2. The van der Waals surface area contributed by atoms with Crippen LogP contribution in [0, 0.1) is 6.92 Å². The molecule has 1 saturated heterocycles. The third-order valence-corrected chi connectivity index (χ3v) is 5.67. The van der Waals surface area contributed by atoms with Crippen LogP contribution in [0.1, 0.15) is 12.5 Å². The monoisotopic (exact) mass is 297 g/mol. The molecule has 1 amide bonds. The Morgan fingerprint density at radius 1 is 1.20 bits per heavy atom. The molecule has 0 aromatic heterocycles. The van der Waals surface area contributed by atoms with Crippen molar-refractivity contribution in [2.45, 2.75) is 18.7 Å². The fraction of sp³-hybridized carbons (Fsp3) is 0.462. The number of carbonyl (C=O) groups is 1. The maximum atomic E-state index is 12.6. The van der Waals surface area contributed by atoms with E-state index in [1.807, 2.05) is 0 Å². The molecule has 1 aliphatic rings. The molecule has 0 saturated carbocycles. The Balaban J connectivity index is 2.24. The lowest BCUT2D eigenvalue weighted by Gasteiger charge is -2.33. The summed E-state index contributed by atoms with van der Waals surface area (Å²) in [5, 5.41) is 0. The highest BCUT2D eigenvalue weighted by Gasteiger charge is 2.30. The van der Waals surface area contributed by atoms with Gasteiger partial charge in [-0.3, -0.25) is 4.79 Å². The van der Waals surface area contributed by atoms with Crippen molar-refractivity contribution in [1.82, 2.24) is 9.21 Å². The number of sulfonamides is 1. The van der Waals surface area contributed by atoms with Gasteiger partial charge < -0.3 is 10.6 Å². The van der Waals surface area contributed by atoms with Crippen LogP contribution in [0.5, 0.6) is 0 Å². The maximum Gasteiger partial charge on any atom is 0.243 e. The van der Waals surface area contributed by atoms with Crippen molar-refractivity contribution < 1.29 is 13.2 Å². The maximum absolute atomic E-state index is 12.6. The van der Waals surface area contributed by atoms with Crippen LogP contribution in [0.2, 0.25) is 0 Å². The van der Waals surface area contributed by atoms with Crippen molar-refractivity contribution >= 4 is 21.6 Å². The van der Waals surface area contributed by atoms with Crippen LogP contribution in [0.15, 0.2) is 23.1 Å². The van der Waals surface area contributed by atoms with Gasteiger partial charge in [0.2, 0.25) is 15.9 Å². The molecule has 20 heavy (non-hydrogen) atoms. The highest BCUT2D eigenvalue weighted by molar-refractivity contribution is 7.89. The van der Waals surface area contributed by atoms with Gasteiger partial charge in [0.15, 0.2) is 0 Å². The van der Waals surface area contributed by atoms with Gasteiger partial charge in [-0.2, -0.15) is 4.31 Å². The fourth-order valence-electron chi connectivity index (χ4n) is 2.29. The molecule has 1 aliphatic heterocycles. The molecular weight excluding hydrogens is 278 g/mol. The second-order valence-corrected chi connectivity index (χ2v) is 6.79. The molecule has 0 atom stereocenters. The number of rotatable bonds is 2. The number of nitrogens with two attached hydrogens (primary N) is 1. The molecule has 1 heterocycles. The number of nitrogens with zero attached hydrogens (tertiary/aromatic N) is 2. The van der Waals surface area contributed by atoms with Gasteiger partial charge >= 0.3 is 0 Å². The summed E-state index contributed by atoms with van der Waals surface area (Å²) in [6.45, 7) is 4.68. The SMILES string of the molecule is CC(=O)N1CCN(S(=O)(=O)c2cccc(N)c2C)CC1. The van der Waals surface area contributed by atoms with Crippen molar-refractivity contribution in [2.24, 2.45) is 0 Å². The zero-order valence-electron chi connectivity index (χ0n) is 11.7. The van der Waals surface area contributed by atoms with Crippen LogP contribution in [0.4, 0.5) is 5.69 Å². The number of nitrogen functional groups attached to an aromatic ring is 1. The van der Waals surface area contributed by atoms with E-state index in [9.17, 15) is 13.2 Å². The third-order valence-electron chi connectivity index (χ3n) is 3.63. The van der Waals surface area contributed by atoms with Gasteiger partial charge in [0.05, 0.1) is 4.90 Å². The largest absolute Gasteiger partial charge is 0.398 e. The van der Waals surface area contributed by atoms with Gasteiger partial charge in [0, 0.05) is 38.8 Å². The lowest BCUT2D eigenvalue weighted by molar-refractivity contribution is -0.129. The first kappa shape index (κ1) is 14.8. The molecular formula is C13H19N3O3S. The van der Waals surface area contributed by atoms with E-state index in [1.54, 1.807) is 30.0 Å². The molecule has 1 aromatic carbocycles. The summed E-state index contributed by atoms with van der Waals surface area (Å²) in [5.41, 5.74) is 6.81. The fourth-order valence-corrected chi connectivity index (χ4v) is 3.97. The van der Waals surface area contributed by atoms with Crippen molar-refractivity contribution in [3.8, 4) is 0 Å². The van der Waals surface area contributed by atoms with Gasteiger partial charge in [-0.15, -0.1) is 0 Å². The predicted molar refractivity (Wildman–Crippen MR) is 76.6 cm³/mol. The van der Waals surface area contributed by atoms with Crippen LogP contribution in [0.25, 0.3) is 0 Å². The van der Waals surface area contributed by atoms with E-state index in [4.69, 9.17) is 5.73 Å². The topological polar surface area (TPSA) is 83.7 Å². The van der Waals surface area contributed by atoms with E-state index in [2.05, 4.69) is 0 Å². The van der Waals surface area contributed by atoms with E-state index in [-0.39, 0.29) is 10.8 Å². The summed E-state index contributed by atoms with van der Waals surface area (Å²) in [7, 11) is -3.55. The van der Waals surface area contributed by atoms with Crippen LogP contribution in [0.3, 0.4) is 0 Å². The lowest BCUT2D eigenvalue weighted by atomic mass is 10.2. The Morgan fingerprint density at radius 3 is 2.35 bits per heavy atom. The summed E-state index contributed by atoms with van der Waals surface area (Å²) < 4.78 is 26.6. The summed E-state index contributed by atoms with van der Waals surface area (Å²) in [5.74, 6) is -0.0258. The number of anilines is 1. The molecule has 0 aliphatic carbocycles. The van der Waals surface area contributed by atoms with Crippen molar-refractivity contribution in [1.29, 1.82) is 0 Å². The van der Waals surface area contributed by atoms with Gasteiger partial charge in [-0.1, -0.05) is 6.07 Å². The zero-order chi connectivity index (χ0) is 14.9. The van der Waals surface area contributed by atoms with E-state index in [0.29, 0.717) is 37.4 Å². The smallest absolute Gasteiger partial charge is 0.243 e. The molecule has 0 radical (unpaired) electrons. The standard InChI is InChI=1S/C13H19N3O3S/c1-10-12(14)4-3-5-13(10)20(18,19)16-8-6-15(7-9-16)11(2)17/h3-5H,6-9,14H2,1-2H3. The van der Waals surface area contributed by atoms with Crippen LogP contribution in [-0.4, -0.2) is 49.7 Å². The van der Waals surface area contributed by atoms with E-state index < -0.39 is 10.0 Å². The van der Waals surface area contributed by atoms with Crippen LogP contribution < -0.4 is 5.73 Å². The van der Waals surface area contributed by atoms with Gasteiger partial charge in [0.1, 0.15) is 0 Å². The number of hydrogen-bond acceptors (Lipinski definition) is 4. The number of benzene rings is 1. The molecule has 6 nitrogen and oxygen atoms in total. The second-order valence-electron chi connectivity index (χ2n) is 4.88. The Hall–Kier alpha value is -1.60. The average Bonchev–Trinajstić information content (AvgIpc) is 2.41. The highest BCUT2D eigenvalue weighted by atomic mass is 32.2. The zero-order valence-corrected chi connectivity index (χ0v) is 12.5. The van der Waals surface area contributed by atoms with Crippen molar-refractivity contribution in [3.63, 3.8) is 0 Å². The number of piperazine rings is 1. The molecule has 0 spiro atoms. The first-order valence-corrected chi connectivity index (χ1v) is 7.89. The molecule has 2 rings (SSSR count). The molecule has 0 unspecified atom stereocenters. The minimum atomic E-state index is -3.55. The highest BCUT2D eigenvalue weighted by Crippen LogP contribution is 2.24. The minimum absolute atomic E-state index is 0.0258. The quantitative estimate of drug-likeness (QED) is 0.802. The Bertz CT molecular complexity index is 620. The number of hydrogen-bond donors (Lipinski definition) is 1. The number of carbonyl (C=O) groups excluding carboxylic acids is 1. The van der Waals surface area contributed by atoms with Crippen molar-refractivity contribution in [3.05, 3.63) is 23.8 Å². The Kier molecular flexibility index (Phi) is 4.01. The normalized spacial score (nSPS) is 17.2. The van der Waals surface area contributed by atoms with Crippen LogP contribution in [-0.2, 0) is 14.8 Å². The third kappa shape index (κ3) is 2.64.